The van der Waals surface area contributed by atoms with Crippen molar-refractivity contribution in [2.24, 2.45) is 11.7 Å². The lowest BCUT2D eigenvalue weighted by molar-refractivity contribution is -0.129. The molecule has 0 saturated carbocycles. The molecule has 0 spiro atoms. The van der Waals surface area contributed by atoms with E-state index in [1.165, 1.54) is 30.4 Å². The average molecular weight is 528 g/mol. The van der Waals surface area contributed by atoms with Gasteiger partial charge in [0.2, 0.25) is 11.8 Å². The highest BCUT2D eigenvalue weighted by Crippen LogP contribution is 2.33. The van der Waals surface area contributed by atoms with Crippen LogP contribution in [0.2, 0.25) is 10.0 Å². The van der Waals surface area contributed by atoms with Gasteiger partial charge in [0, 0.05) is 22.7 Å². The van der Waals surface area contributed by atoms with Gasteiger partial charge in [-0.1, -0.05) is 65.7 Å². The first-order valence-electron chi connectivity index (χ1n) is 11.5. The van der Waals surface area contributed by atoms with Crippen LogP contribution in [0.15, 0.2) is 60.7 Å². The number of carbonyl (C=O) groups is 2. The topological polar surface area (TPSA) is 114 Å². The SMILES string of the molecule is COc1ccccc1C(NC(=O)C(NCc1c(O)cc(Cl)cc1Cl)C1Cc2ccccc2C1)C(N)=O. The third-order valence-electron chi connectivity index (χ3n) is 6.49. The minimum absolute atomic E-state index is 0.0714. The van der Waals surface area contributed by atoms with Crippen molar-refractivity contribution in [2.45, 2.75) is 31.5 Å². The fourth-order valence-electron chi connectivity index (χ4n) is 4.72. The first kappa shape index (κ1) is 25.8. The Balaban J connectivity index is 1.61. The molecule has 0 bridgehead atoms. The number of aromatic hydroxyl groups is 1. The van der Waals surface area contributed by atoms with E-state index in [0.717, 1.165) is 0 Å². The van der Waals surface area contributed by atoms with Crippen molar-refractivity contribution in [3.8, 4) is 11.5 Å². The van der Waals surface area contributed by atoms with Gasteiger partial charge in [-0.25, -0.2) is 0 Å². The summed E-state index contributed by atoms with van der Waals surface area (Å²) in [5.41, 5.74) is 8.92. The van der Waals surface area contributed by atoms with Crippen LogP contribution in [0.3, 0.4) is 0 Å². The van der Waals surface area contributed by atoms with Crippen LogP contribution >= 0.6 is 23.2 Å². The fourth-order valence-corrected chi connectivity index (χ4v) is 5.27. The monoisotopic (exact) mass is 527 g/mol. The standard InChI is InChI=1S/C27H27Cl2N3O4/c1-36-23-9-5-4-8-19(23)25(26(30)34)32-27(35)24(17-10-15-6-2-3-7-16(15)11-17)31-14-20-21(29)12-18(28)13-22(20)33/h2-9,12-13,17,24-25,31,33H,10-11,14H2,1H3,(H2,30,34)(H,32,35). The molecule has 4 rings (SSSR count). The molecular weight excluding hydrogens is 501 g/mol. The van der Waals surface area contributed by atoms with Crippen LogP contribution in [-0.4, -0.2) is 30.1 Å². The Hall–Kier alpha value is -3.26. The summed E-state index contributed by atoms with van der Waals surface area (Å²) in [5.74, 6) is -0.830. The van der Waals surface area contributed by atoms with Crippen LogP contribution in [0.4, 0.5) is 0 Å². The fraction of sp³-hybridized carbons (Fsp3) is 0.259. The number of phenols is 1. The van der Waals surface area contributed by atoms with Crippen LogP contribution in [0.25, 0.3) is 0 Å². The van der Waals surface area contributed by atoms with Crippen LogP contribution in [0.1, 0.15) is 28.3 Å². The van der Waals surface area contributed by atoms with E-state index in [9.17, 15) is 14.7 Å². The zero-order valence-electron chi connectivity index (χ0n) is 19.6. The Labute approximate surface area is 219 Å². The second-order valence-electron chi connectivity index (χ2n) is 8.77. The molecule has 3 aromatic rings. The number of methoxy groups -OCH3 is 1. The van der Waals surface area contributed by atoms with Gasteiger partial charge in [-0.2, -0.15) is 0 Å². The summed E-state index contributed by atoms with van der Waals surface area (Å²) in [6.45, 7) is 0.114. The van der Waals surface area contributed by atoms with E-state index in [1.807, 2.05) is 24.3 Å². The summed E-state index contributed by atoms with van der Waals surface area (Å²) >= 11 is 12.3. The molecular formula is C27H27Cl2N3O4. The molecule has 0 radical (unpaired) electrons. The predicted octanol–water partition coefficient (Wildman–Crippen LogP) is 3.92. The summed E-state index contributed by atoms with van der Waals surface area (Å²) in [6, 6.07) is 16.1. The molecule has 0 saturated heterocycles. The second kappa shape index (κ2) is 11.2. The number of carbonyl (C=O) groups excluding carboxylic acids is 2. The van der Waals surface area contributed by atoms with Gasteiger partial charge in [-0.3, -0.25) is 9.59 Å². The summed E-state index contributed by atoms with van der Waals surface area (Å²) in [7, 11) is 1.49. The third kappa shape index (κ3) is 5.59. The molecule has 2 amide bonds. The van der Waals surface area contributed by atoms with E-state index in [4.69, 9.17) is 33.7 Å². The summed E-state index contributed by atoms with van der Waals surface area (Å²) in [5, 5.41) is 17.0. The number of nitrogens with one attached hydrogen (secondary N) is 2. The van der Waals surface area contributed by atoms with E-state index in [1.54, 1.807) is 24.3 Å². The highest BCUT2D eigenvalue weighted by atomic mass is 35.5. The molecule has 0 aromatic heterocycles. The second-order valence-corrected chi connectivity index (χ2v) is 9.61. The summed E-state index contributed by atoms with van der Waals surface area (Å²) in [6.07, 6.45) is 1.36. The van der Waals surface area contributed by atoms with Crippen molar-refractivity contribution >= 4 is 35.0 Å². The molecule has 9 heteroatoms. The largest absolute Gasteiger partial charge is 0.508 e. The normalized spacial score (nSPS) is 14.6. The minimum Gasteiger partial charge on any atom is -0.508 e. The van der Waals surface area contributed by atoms with Crippen LogP contribution in [0.5, 0.6) is 11.5 Å². The molecule has 0 fully saturated rings. The number of fused-ring (bicyclic) bond motifs is 1. The minimum atomic E-state index is -1.09. The lowest BCUT2D eigenvalue weighted by Gasteiger charge is -2.27. The predicted molar refractivity (Wildman–Crippen MR) is 139 cm³/mol. The molecule has 36 heavy (non-hydrogen) atoms. The molecule has 2 unspecified atom stereocenters. The highest BCUT2D eigenvalue weighted by molar-refractivity contribution is 6.35. The third-order valence-corrected chi connectivity index (χ3v) is 7.05. The van der Waals surface area contributed by atoms with Crippen molar-refractivity contribution in [3.05, 3.63) is 93.0 Å². The maximum absolute atomic E-state index is 13.7. The van der Waals surface area contributed by atoms with E-state index < -0.39 is 23.9 Å². The molecule has 188 valence electrons. The first-order valence-corrected chi connectivity index (χ1v) is 12.2. The van der Waals surface area contributed by atoms with Crippen molar-refractivity contribution in [1.82, 2.24) is 10.6 Å². The molecule has 2 atom stereocenters. The lowest BCUT2D eigenvalue weighted by atomic mass is 9.94. The number of benzene rings is 3. The molecule has 7 nitrogen and oxygen atoms in total. The number of hydrogen-bond donors (Lipinski definition) is 4. The summed E-state index contributed by atoms with van der Waals surface area (Å²) in [4.78, 5) is 26.1. The molecule has 0 heterocycles. The molecule has 0 aliphatic heterocycles. The van der Waals surface area contributed by atoms with E-state index in [2.05, 4.69) is 10.6 Å². The molecule has 5 N–H and O–H groups in total. The van der Waals surface area contributed by atoms with Gasteiger partial charge < -0.3 is 26.2 Å². The number of ether oxygens (including phenoxy) is 1. The van der Waals surface area contributed by atoms with Crippen molar-refractivity contribution in [3.63, 3.8) is 0 Å². The average Bonchev–Trinajstić information content (AvgIpc) is 3.27. The maximum atomic E-state index is 13.7. The Morgan fingerprint density at radius 2 is 1.72 bits per heavy atom. The first-order chi connectivity index (χ1) is 17.3. The van der Waals surface area contributed by atoms with Crippen molar-refractivity contribution in [2.75, 3.05) is 7.11 Å². The number of halogens is 2. The summed E-state index contributed by atoms with van der Waals surface area (Å²) < 4.78 is 5.37. The number of hydrogen-bond acceptors (Lipinski definition) is 5. The number of nitrogens with two attached hydrogens (primary N) is 1. The Morgan fingerprint density at radius 1 is 1.08 bits per heavy atom. The van der Waals surface area contributed by atoms with E-state index in [0.29, 0.717) is 34.7 Å². The number of rotatable bonds is 9. The van der Waals surface area contributed by atoms with Crippen LogP contribution in [-0.2, 0) is 29.0 Å². The number of para-hydroxylation sites is 1. The molecule has 1 aliphatic carbocycles. The van der Waals surface area contributed by atoms with Gasteiger partial charge in [0.1, 0.15) is 17.5 Å². The number of primary amides is 1. The van der Waals surface area contributed by atoms with E-state index >= 15 is 0 Å². The Morgan fingerprint density at radius 3 is 2.33 bits per heavy atom. The van der Waals surface area contributed by atoms with Crippen molar-refractivity contribution < 1.29 is 19.4 Å². The van der Waals surface area contributed by atoms with Crippen LogP contribution < -0.4 is 21.1 Å². The number of phenolic OH excluding ortho intramolecular Hbond substituents is 1. The van der Waals surface area contributed by atoms with Gasteiger partial charge in [-0.15, -0.1) is 0 Å². The maximum Gasteiger partial charge on any atom is 0.244 e. The van der Waals surface area contributed by atoms with Gasteiger partial charge in [0.05, 0.1) is 18.2 Å². The van der Waals surface area contributed by atoms with Crippen molar-refractivity contribution in [1.29, 1.82) is 0 Å². The Kier molecular flexibility index (Phi) is 8.04. The van der Waals surface area contributed by atoms with Gasteiger partial charge >= 0.3 is 0 Å². The van der Waals surface area contributed by atoms with Gasteiger partial charge in [0.15, 0.2) is 0 Å². The quantitative estimate of drug-likeness (QED) is 0.336. The lowest BCUT2D eigenvalue weighted by Crippen LogP contribution is -2.51. The van der Waals surface area contributed by atoms with Gasteiger partial charge in [0.25, 0.3) is 0 Å². The van der Waals surface area contributed by atoms with Gasteiger partial charge in [-0.05, 0) is 48.1 Å². The number of amides is 2. The van der Waals surface area contributed by atoms with E-state index in [-0.39, 0.29) is 23.2 Å². The zero-order valence-corrected chi connectivity index (χ0v) is 21.1. The molecule has 3 aromatic carbocycles. The molecule has 1 aliphatic rings. The van der Waals surface area contributed by atoms with Crippen LogP contribution in [0, 0.1) is 5.92 Å². The Bertz CT molecular complexity index is 1240. The smallest absolute Gasteiger partial charge is 0.244 e. The zero-order chi connectivity index (χ0) is 25.8. The highest BCUT2D eigenvalue weighted by Gasteiger charge is 2.35.